The van der Waals surface area contributed by atoms with Crippen molar-refractivity contribution in [3.05, 3.63) is 53.3 Å². The third kappa shape index (κ3) is 2.52. The number of benzene rings is 1. The molecule has 0 bridgehead atoms. The van der Waals surface area contributed by atoms with Crippen molar-refractivity contribution in [1.82, 2.24) is 15.0 Å². The SMILES string of the molecule is Cc1[nH]c2ccccc2c1C(=O)C(C)Sc1ncnc2ccsc12. The van der Waals surface area contributed by atoms with Crippen LogP contribution in [0.4, 0.5) is 0 Å². The van der Waals surface area contributed by atoms with Gasteiger partial charge in [0, 0.05) is 22.2 Å². The van der Waals surface area contributed by atoms with E-state index in [-0.39, 0.29) is 11.0 Å². The van der Waals surface area contributed by atoms with Gasteiger partial charge < -0.3 is 4.98 Å². The maximum absolute atomic E-state index is 13.0. The van der Waals surface area contributed by atoms with Gasteiger partial charge in [-0.15, -0.1) is 11.3 Å². The summed E-state index contributed by atoms with van der Waals surface area (Å²) in [6.45, 7) is 3.89. The van der Waals surface area contributed by atoms with Gasteiger partial charge in [0.1, 0.15) is 11.4 Å². The molecule has 1 unspecified atom stereocenters. The van der Waals surface area contributed by atoms with Crippen molar-refractivity contribution in [1.29, 1.82) is 0 Å². The summed E-state index contributed by atoms with van der Waals surface area (Å²) in [5.74, 6) is 0.123. The first-order valence-corrected chi connectivity index (χ1v) is 9.37. The van der Waals surface area contributed by atoms with Crippen molar-refractivity contribution in [3.63, 3.8) is 0 Å². The van der Waals surface area contributed by atoms with Crippen LogP contribution in [0, 0.1) is 6.92 Å². The van der Waals surface area contributed by atoms with Crippen LogP contribution in [0.1, 0.15) is 23.0 Å². The second-order valence-corrected chi connectivity index (χ2v) is 7.85. The Kier molecular flexibility index (Phi) is 3.86. The quantitative estimate of drug-likeness (QED) is 0.324. The van der Waals surface area contributed by atoms with E-state index in [1.165, 1.54) is 11.8 Å². The highest BCUT2D eigenvalue weighted by molar-refractivity contribution is 8.00. The highest BCUT2D eigenvalue weighted by atomic mass is 32.2. The smallest absolute Gasteiger partial charge is 0.178 e. The van der Waals surface area contributed by atoms with Crippen molar-refractivity contribution < 1.29 is 4.79 Å². The first-order chi connectivity index (χ1) is 11.6. The zero-order chi connectivity index (χ0) is 16.7. The number of carbonyl (C=O) groups is 1. The van der Waals surface area contributed by atoms with Crippen LogP contribution < -0.4 is 0 Å². The molecule has 0 saturated carbocycles. The molecule has 0 amide bonds. The van der Waals surface area contributed by atoms with Crippen molar-refractivity contribution in [2.75, 3.05) is 0 Å². The van der Waals surface area contributed by atoms with Crippen LogP contribution in [0.15, 0.2) is 47.1 Å². The number of nitrogens with one attached hydrogen (secondary N) is 1. The minimum atomic E-state index is -0.219. The molecular formula is C18H15N3OS2. The molecule has 0 spiro atoms. The number of thioether (sulfide) groups is 1. The van der Waals surface area contributed by atoms with Crippen molar-refractivity contribution in [2.45, 2.75) is 24.1 Å². The number of hydrogen-bond donors (Lipinski definition) is 1. The molecule has 24 heavy (non-hydrogen) atoms. The van der Waals surface area contributed by atoms with E-state index in [2.05, 4.69) is 15.0 Å². The minimum absolute atomic E-state index is 0.123. The van der Waals surface area contributed by atoms with Crippen LogP contribution in [0.3, 0.4) is 0 Å². The minimum Gasteiger partial charge on any atom is -0.358 e. The Balaban J connectivity index is 1.69. The zero-order valence-electron chi connectivity index (χ0n) is 13.2. The van der Waals surface area contributed by atoms with Gasteiger partial charge in [-0.25, -0.2) is 9.97 Å². The number of thiophene rings is 1. The molecule has 1 atom stereocenters. The van der Waals surface area contributed by atoms with Gasteiger partial charge in [0.2, 0.25) is 0 Å². The summed E-state index contributed by atoms with van der Waals surface area (Å²) in [7, 11) is 0. The molecule has 4 rings (SSSR count). The summed E-state index contributed by atoms with van der Waals surface area (Å²) in [6.07, 6.45) is 1.56. The van der Waals surface area contributed by atoms with Gasteiger partial charge in [0.15, 0.2) is 5.78 Å². The lowest BCUT2D eigenvalue weighted by Crippen LogP contribution is -2.14. The van der Waals surface area contributed by atoms with Gasteiger partial charge in [-0.1, -0.05) is 30.0 Å². The molecule has 0 aliphatic heterocycles. The Labute approximate surface area is 147 Å². The number of carbonyl (C=O) groups excluding carboxylic acids is 1. The van der Waals surface area contributed by atoms with E-state index in [4.69, 9.17) is 0 Å². The predicted molar refractivity (Wildman–Crippen MR) is 100 cm³/mol. The highest BCUT2D eigenvalue weighted by Gasteiger charge is 2.23. The number of para-hydroxylation sites is 1. The van der Waals surface area contributed by atoms with E-state index < -0.39 is 0 Å². The number of fused-ring (bicyclic) bond motifs is 2. The summed E-state index contributed by atoms with van der Waals surface area (Å²) >= 11 is 3.10. The summed E-state index contributed by atoms with van der Waals surface area (Å²) in [5.41, 5.74) is 3.62. The molecule has 0 radical (unpaired) electrons. The number of Topliss-reactive ketones (excluding diaryl/α,β-unsaturated/α-hetero) is 1. The number of rotatable bonds is 4. The molecule has 1 N–H and O–H groups in total. The van der Waals surface area contributed by atoms with Gasteiger partial charge in [-0.3, -0.25) is 4.79 Å². The van der Waals surface area contributed by atoms with Crippen LogP contribution in [0.5, 0.6) is 0 Å². The maximum Gasteiger partial charge on any atom is 0.178 e. The van der Waals surface area contributed by atoms with Crippen LogP contribution in [-0.4, -0.2) is 26.0 Å². The standard InChI is InChI=1S/C18H15N3OS2/c1-10-15(12-5-3-4-6-13(12)21-10)16(22)11(2)24-18-17-14(7-8-23-17)19-9-20-18/h3-9,11,21H,1-2H3. The molecule has 0 fully saturated rings. The third-order valence-electron chi connectivity index (χ3n) is 4.01. The monoisotopic (exact) mass is 353 g/mol. The molecule has 3 aromatic heterocycles. The van der Waals surface area contributed by atoms with E-state index in [1.54, 1.807) is 17.7 Å². The summed E-state index contributed by atoms with van der Waals surface area (Å²) in [4.78, 5) is 25.0. The number of aryl methyl sites for hydroxylation is 1. The highest BCUT2D eigenvalue weighted by Crippen LogP contribution is 2.34. The molecule has 3 heterocycles. The van der Waals surface area contributed by atoms with Gasteiger partial charge >= 0.3 is 0 Å². The van der Waals surface area contributed by atoms with Crippen molar-refractivity contribution >= 4 is 50.0 Å². The second kappa shape index (κ2) is 6.03. The first kappa shape index (κ1) is 15.4. The summed E-state index contributed by atoms with van der Waals surface area (Å²) in [5, 5.41) is 3.63. The van der Waals surface area contributed by atoms with E-state index in [0.29, 0.717) is 0 Å². The topological polar surface area (TPSA) is 58.6 Å². The Morgan fingerprint density at radius 3 is 2.96 bits per heavy atom. The molecule has 0 saturated heterocycles. The van der Waals surface area contributed by atoms with E-state index in [9.17, 15) is 4.79 Å². The Hall–Kier alpha value is -2.18. The Morgan fingerprint density at radius 2 is 2.08 bits per heavy atom. The van der Waals surface area contributed by atoms with Crippen LogP contribution in [-0.2, 0) is 0 Å². The average molecular weight is 353 g/mol. The molecule has 0 aliphatic rings. The number of aromatic nitrogens is 3. The molecule has 4 aromatic rings. The lowest BCUT2D eigenvalue weighted by atomic mass is 10.1. The third-order valence-corrected chi connectivity index (χ3v) is 6.15. The van der Waals surface area contributed by atoms with Gasteiger partial charge in [-0.05, 0) is 31.4 Å². The number of H-pyrrole nitrogens is 1. The lowest BCUT2D eigenvalue weighted by Gasteiger charge is -2.10. The second-order valence-electron chi connectivity index (χ2n) is 5.61. The van der Waals surface area contributed by atoms with E-state index in [0.717, 1.165) is 37.4 Å². The van der Waals surface area contributed by atoms with Crippen LogP contribution >= 0.6 is 23.1 Å². The van der Waals surface area contributed by atoms with Gasteiger partial charge in [-0.2, -0.15) is 0 Å². The fourth-order valence-corrected chi connectivity index (χ4v) is 4.76. The fourth-order valence-electron chi connectivity index (χ4n) is 2.87. The normalized spacial score (nSPS) is 12.8. The Bertz CT molecular complexity index is 1050. The lowest BCUT2D eigenvalue weighted by molar-refractivity contribution is 0.0995. The maximum atomic E-state index is 13.0. The number of nitrogens with zero attached hydrogens (tertiary/aromatic N) is 2. The van der Waals surface area contributed by atoms with Crippen LogP contribution in [0.2, 0.25) is 0 Å². The van der Waals surface area contributed by atoms with Crippen molar-refractivity contribution in [3.8, 4) is 0 Å². The summed E-state index contributed by atoms with van der Waals surface area (Å²) in [6, 6.07) is 9.90. The van der Waals surface area contributed by atoms with E-state index >= 15 is 0 Å². The van der Waals surface area contributed by atoms with Gasteiger partial charge in [0.25, 0.3) is 0 Å². The molecule has 1 aromatic carbocycles. The largest absolute Gasteiger partial charge is 0.358 e. The first-order valence-electron chi connectivity index (χ1n) is 7.61. The molecule has 4 nitrogen and oxygen atoms in total. The summed E-state index contributed by atoms with van der Waals surface area (Å²) < 4.78 is 1.04. The Morgan fingerprint density at radius 1 is 1.25 bits per heavy atom. The number of ketones is 1. The molecule has 120 valence electrons. The fraction of sp³-hybridized carbons (Fsp3) is 0.167. The predicted octanol–water partition coefficient (Wildman–Crippen LogP) is 4.84. The van der Waals surface area contributed by atoms with Gasteiger partial charge in [0.05, 0.1) is 15.5 Å². The van der Waals surface area contributed by atoms with Crippen molar-refractivity contribution in [2.24, 2.45) is 0 Å². The van der Waals surface area contributed by atoms with Crippen LogP contribution in [0.25, 0.3) is 21.1 Å². The molecule has 0 aliphatic carbocycles. The average Bonchev–Trinajstić information content (AvgIpc) is 3.18. The van der Waals surface area contributed by atoms with E-state index in [1.807, 2.05) is 49.6 Å². The number of aromatic amines is 1. The number of hydrogen-bond acceptors (Lipinski definition) is 5. The molecular weight excluding hydrogens is 338 g/mol. The molecule has 6 heteroatoms. The zero-order valence-corrected chi connectivity index (χ0v) is 14.9.